The minimum absolute atomic E-state index is 0.239. The number of thiazole rings is 1. The van der Waals surface area contributed by atoms with Crippen molar-refractivity contribution in [1.82, 2.24) is 4.98 Å². The molecule has 0 bridgehead atoms. The van der Waals surface area contributed by atoms with Crippen LogP contribution >= 0.6 is 11.3 Å². The Balaban J connectivity index is 2.10. The SMILES string of the molecule is COC(=O)C1(c2nc3ccc(F)cc3s2)CC1. The van der Waals surface area contributed by atoms with Crippen LogP contribution in [0.3, 0.4) is 0 Å². The second kappa shape index (κ2) is 3.50. The zero-order valence-electron chi connectivity index (χ0n) is 9.20. The van der Waals surface area contributed by atoms with Crippen molar-refractivity contribution in [3.63, 3.8) is 0 Å². The number of hydrogen-bond donors (Lipinski definition) is 0. The molecule has 88 valence electrons. The first-order valence-electron chi connectivity index (χ1n) is 5.31. The number of rotatable bonds is 2. The van der Waals surface area contributed by atoms with Crippen molar-refractivity contribution >= 4 is 27.5 Å². The van der Waals surface area contributed by atoms with E-state index in [9.17, 15) is 9.18 Å². The Morgan fingerprint density at radius 1 is 1.53 bits per heavy atom. The number of nitrogens with zero attached hydrogens (tertiary/aromatic N) is 1. The van der Waals surface area contributed by atoms with Crippen LogP contribution in [0.4, 0.5) is 4.39 Å². The van der Waals surface area contributed by atoms with Gasteiger partial charge >= 0.3 is 5.97 Å². The summed E-state index contributed by atoms with van der Waals surface area (Å²) in [5.41, 5.74) is 0.177. The van der Waals surface area contributed by atoms with Gasteiger partial charge in [0.25, 0.3) is 0 Å². The summed E-state index contributed by atoms with van der Waals surface area (Å²) < 4.78 is 18.6. The second-order valence-corrected chi connectivity index (χ2v) is 5.24. The maximum Gasteiger partial charge on any atom is 0.318 e. The predicted octanol–water partition coefficient (Wildman–Crippen LogP) is 2.64. The molecule has 1 aromatic heterocycles. The molecule has 17 heavy (non-hydrogen) atoms. The Labute approximate surface area is 101 Å². The van der Waals surface area contributed by atoms with Crippen molar-refractivity contribution in [3.8, 4) is 0 Å². The van der Waals surface area contributed by atoms with E-state index < -0.39 is 5.41 Å². The minimum atomic E-state index is -0.561. The Morgan fingerprint density at radius 3 is 2.94 bits per heavy atom. The monoisotopic (exact) mass is 251 g/mol. The van der Waals surface area contributed by atoms with E-state index >= 15 is 0 Å². The molecule has 1 heterocycles. The number of ether oxygens (including phenoxy) is 1. The Hall–Kier alpha value is -1.49. The molecule has 0 aliphatic heterocycles. The highest BCUT2D eigenvalue weighted by Crippen LogP contribution is 2.51. The van der Waals surface area contributed by atoms with Crippen LogP contribution in [0, 0.1) is 5.82 Å². The van der Waals surface area contributed by atoms with Gasteiger partial charge in [-0.05, 0) is 31.0 Å². The predicted molar refractivity (Wildman–Crippen MR) is 62.5 cm³/mol. The smallest absolute Gasteiger partial charge is 0.318 e. The molecule has 5 heteroatoms. The molecule has 1 aliphatic carbocycles. The van der Waals surface area contributed by atoms with Crippen LogP contribution in [0.15, 0.2) is 18.2 Å². The molecule has 1 fully saturated rings. The quantitative estimate of drug-likeness (QED) is 0.770. The molecule has 2 aromatic rings. The van der Waals surface area contributed by atoms with Crippen LogP contribution in [0.5, 0.6) is 0 Å². The molecule has 0 amide bonds. The fraction of sp³-hybridized carbons (Fsp3) is 0.333. The van der Waals surface area contributed by atoms with E-state index in [0.29, 0.717) is 0 Å². The zero-order chi connectivity index (χ0) is 12.0. The van der Waals surface area contributed by atoms with Crippen molar-refractivity contribution < 1.29 is 13.9 Å². The van der Waals surface area contributed by atoms with Crippen molar-refractivity contribution in [2.75, 3.05) is 7.11 Å². The summed E-state index contributed by atoms with van der Waals surface area (Å²) >= 11 is 1.37. The van der Waals surface area contributed by atoms with Crippen LogP contribution in [0.2, 0.25) is 0 Å². The highest BCUT2D eigenvalue weighted by Gasteiger charge is 2.55. The molecule has 1 saturated carbocycles. The third-order valence-electron chi connectivity index (χ3n) is 3.09. The number of esters is 1. The van der Waals surface area contributed by atoms with Gasteiger partial charge in [-0.1, -0.05) is 0 Å². The van der Waals surface area contributed by atoms with Gasteiger partial charge in [0.15, 0.2) is 0 Å². The van der Waals surface area contributed by atoms with Gasteiger partial charge in [0.1, 0.15) is 16.2 Å². The van der Waals surface area contributed by atoms with E-state index in [-0.39, 0.29) is 11.8 Å². The number of benzene rings is 1. The van der Waals surface area contributed by atoms with Gasteiger partial charge in [0.2, 0.25) is 0 Å². The summed E-state index contributed by atoms with van der Waals surface area (Å²) in [7, 11) is 1.38. The zero-order valence-corrected chi connectivity index (χ0v) is 10.0. The number of carbonyl (C=O) groups is 1. The Morgan fingerprint density at radius 2 is 2.29 bits per heavy atom. The number of aromatic nitrogens is 1. The van der Waals surface area contributed by atoms with Gasteiger partial charge in [-0.15, -0.1) is 11.3 Å². The molecule has 0 radical (unpaired) electrons. The first-order chi connectivity index (χ1) is 8.15. The molecule has 1 aromatic carbocycles. The second-order valence-electron chi connectivity index (χ2n) is 4.20. The highest BCUT2D eigenvalue weighted by atomic mass is 32.1. The van der Waals surface area contributed by atoms with Gasteiger partial charge in [-0.3, -0.25) is 4.79 Å². The topological polar surface area (TPSA) is 39.2 Å². The van der Waals surface area contributed by atoms with Crippen LogP contribution in [-0.4, -0.2) is 18.1 Å². The van der Waals surface area contributed by atoms with E-state index in [2.05, 4.69) is 4.98 Å². The first-order valence-corrected chi connectivity index (χ1v) is 6.12. The maximum absolute atomic E-state index is 13.1. The minimum Gasteiger partial charge on any atom is -0.468 e. The lowest BCUT2D eigenvalue weighted by molar-refractivity contribution is -0.143. The van der Waals surface area contributed by atoms with Crippen LogP contribution < -0.4 is 0 Å². The van der Waals surface area contributed by atoms with Crippen LogP contribution in [0.1, 0.15) is 17.8 Å². The number of carbonyl (C=O) groups excluding carboxylic acids is 1. The lowest BCUT2D eigenvalue weighted by atomic mass is 10.1. The third-order valence-corrected chi connectivity index (χ3v) is 4.31. The van der Waals surface area contributed by atoms with Gasteiger partial charge in [0.05, 0.1) is 17.3 Å². The number of fused-ring (bicyclic) bond motifs is 1. The molecular formula is C12H10FNO2S. The average molecular weight is 251 g/mol. The van der Waals surface area contributed by atoms with Gasteiger partial charge in [-0.25, -0.2) is 9.37 Å². The Bertz CT molecular complexity index is 604. The highest BCUT2D eigenvalue weighted by molar-refractivity contribution is 7.18. The van der Waals surface area contributed by atoms with Gasteiger partial charge in [-0.2, -0.15) is 0 Å². The fourth-order valence-electron chi connectivity index (χ4n) is 1.93. The van der Waals surface area contributed by atoms with Crippen LogP contribution in [0.25, 0.3) is 10.2 Å². The van der Waals surface area contributed by atoms with E-state index in [0.717, 1.165) is 28.1 Å². The van der Waals surface area contributed by atoms with Crippen molar-refractivity contribution in [2.45, 2.75) is 18.3 Å². The normalized spacial score (nSPS) is 17.1. The van der Waals surface area contributed by atoms with E-state index in [1.807, 2.05) is 0 Å². The Kier molecular flexibility index (Phi) is 2.19. The summed E-state index contributed by atoms with van der Waals surface area (Å²) in [6.07, 6.45) is 1.53. The molecular weight excluding hydrogens is 241 g/mol. The van der Waals surface area contributed by atoms with Crippen molar-refractivity contribution in [2.24, 2.45) is 0 Å². The molecule has 3 nitrogen and oxygen atoms in total. The van der Waals surface area contributed by atoms with E-state index in [1.165, 1.54) is 30.6 Å². The van der Waals surface area contributed by atoms with E-state index in [1.54, 1.807) is 6.07 Å². The number of methoxy groups -OCH3 is 1. The summed E-state index contributed by atoms with van der Waals surface area (Å²) in [5, 5.41) is 0.741. The van der Waals surface area contributed by atoms with E-state index in [4.69, 9.17) is 4.74 Å². The van der Waals surface area contributed by atoms with Crippen LogP contribution in [-0.2, 0) is 14.9 Å². The lowest BCUT2D eigenvalue weighted by Crippen LogP contribution is -2.21. The standard InChI is InChI=1S/C12H10FNO2S/c1-16-11(15)12(4-5-12)10-14-8-3-2-7(13)6-9(8)17-10/h2-3,6H,4-5H2,1H3. The summed E-state index contributed by atoms with van der Waals surface area (Å²) in [4.78, 5) is 16.1. The molecule has 0 atom stereocenters. The van der Waals surface area contributed by atoms with Crippen molar-refractivity contribution in [1.29, 1.82) is 0 Å². The lowest BCUT2D eigenvalue weighted by Gasteiger charge is -2.07. The molecule has 0 unspecified atom stereocenters. The third kappa shape index (κ3) is 1.53. The average Bonchev–Trinajstić information content (AvgIpc) is 3.03. The number of hydrogen-bond acceptors (Lipinski definition) is 4. The largest absolute Gasteiger partial charge is 0.468 e. The fourth-order valence-corrected chi connectivity index (χ4v) is 3.15. The number of halogens is 1. The maximum atomic E-state index is 13.1. The van der Waals surface area contributed by atoms with Gasteiger partial charge < -0.3 is 4.74 Å². The molecule has 0 saturated heterocycles. The molecule has 0 spiro atoms. The van der Waals surface area contributed by atoms with Crippen molar-refractivity contribution in [3.05, 3.63) is 29.0 Å². The first kappa shape index (κ1) is 10.7. The van der Waals surface area contributed by atoms with Gasteiger partial charge in [0, 0.05) is 0 Å². The molecule has 3 rings (SSSR count). The molecule has 0 N–H and O–H groups in total. The summed E-state index contributed by atoms with van der Waals surface area (Å²) in [6.45, 7) is 0. The molecule has 1 aliphatic rings. The summed E-state index contributed by atoms with van der Waals surface area (Å²) in [6, 6.07) is 4.46. The summed E-state index contributed by atoms with van der Waals surface area (Å²) in [5.74, 6) is -0.521.